The number of carbonyl (C=O) groups is 2. The van der Waals surface area contributed by atoms with Crippen molar-refractivity contribution in [3.05, 3.63) is 94.3 Å². The summed E-state index contributed by atoms with van der Waals surface area (Å²) >= 11 is 0. The Morgan fingerprint density at radius 2 is 1.85 bits per heavy atom. The molecule has 10 heteroatoms. The van der Waals surface area contributed by atoms with E-state index >= 15 is 0 Å². The normalized spacial score (nSPS) is 10.4. The molecule has 0 fully saturated rings. The van der Waals surface area contributed by atoms with Gasteiger partial charge in [-0.1, -0.05) is 18.2 Å². The minimum Gasteiger partial charge on any atom is -0.452 e. The number of carbonyl (C=O) groups excluding carboxylic acids is 2. The van der Waals surface area contributed by atoms with Crippen molar-refractivity contribution in [2.24, 2.45) is 0 Å². The Hall–Kier alpha value is -4.91. The van der Waals surface area contributed by atoms with Crippen LogP contribution in [-0.2, 0) is 9.53 Å². The first-order chi connectivity index (χ1) is 16.0. The average Bonchev–Trinajstić information content (AvgIpc) is 3.40. The van der Waals surface area contributed by atoms with Crippen molar-refractivity contribution in [1.29, 1.82) is 5.26 Å². The molecule has 0 saturated heterocycles. The molecule has 33 heavy (non-hydrogen) atoms. The van der Waals surface area contributed by atoms with Gasteiger partial charge in [0.2, 0.25) is 0 Å². The Morgan fingerprint density at radius 1 is 1.12 bits per heavy atom. The second-order valence-electron chi connectivity index (χ2n) is 7.01. The third-order valence-electron chi connectivity index (χ3n) is 4.80. The van der Waals surface area contributed by atoms with Gasteiger partial charge in [0.05, 0.1) is 23.1 Å². The van der Waals surface area contributed by atoms with Crippen molar-refractivity contribution in [2.45, 2.75) is 6.92 Å². The third-order valence-corrected chi connectivity index (χ3v) is 4.80. The van der Waals surface area contributed by atoms with E-state index in [-0.39, 0.29) is 22.6 Å². The highest BCUT2D eigenvalue weighted by molar-refractivity contribution is 5.96. The topological polar surface area (TPSA) is 135 Å². The molecule has 4 rings (SSSR count). The summed E-state index contributed by atoms with van der Waals surface area (Å²) in [5, 5.41) is 16.0. The summed E-state index contributed by atoms with van der Waals surface area (Å²) in [6.07, 6.45) is 2.93. The number of hydrogen-bond acceptors (Lipinski definition) is 6. The number of hydrogen-bond donors (Lipinski definition) is 2. The number of esters is 1. The summed E-state index contributed by atoms with van der Waals surface area (Å²) in [4.78, 5) is 39.2. The number of ether oxygens (including phenoxy) is 1. The van der Waals surface area contributed by atoms with Crippen LogP contribution in [0.15, 0.2) is 71.8 Å². The third kappa shape index (κ3) is 4.42. The first kappa shape index (κ1) is 21.3. The molecular formula is C23H18N6O4. The number of aromatic amines is 1. The lowest BCUT2D eigenvalue weighted by Gasteiger charge is -2.10. The lowest BCUT2D eigenvalue weighted by atomic mass is 10.2. The molecule has 1 amide bonds. The molecule has 0 aliphatic carbocycles. The van der Waals surface area contributed by atoms with Crippen LogP contribution in [0.4, 0.5) is 5.82 Å². The monoisotopic (exact) mass is 442 g/mol. The predicted octanol–water partition coefficient (Wildman–Crippen LogP) is 2.33. The molecule has 10 nitrogen and oxygen atoms in total. The van der Waals surface area contributed by atoms with Gasteiger partial charge in [0.15, 0.2) is 12.4 Å². The Labute approximate surface area is 187 Å². The number of nitrogens with one attached hydrogen (secondary N) is 2. The van der Waals surface area contributed by atoms with Gasteiger partial charge < -0.3 is 15.0 Å². The van der Waals surface area contributed by atoms with Gasteiger partial charge >= 0.3 is 11.7 Å². The van der Waals surface area contributed by atoms with Crippen molar-refractivity contribution < 1.29 is 14.3 Å². The van der Waals surface area contributed by atoms with Gasteiger partial charge in [-0.3, -0.25) is 9.36 Å². The second-order valence-corrected chi connectivity index (χ2v) is 7.01. The van der Waals surface area contributed by atoms with E-state index in [0.717, 1.165) is 5.69 Å². The number of amides is 1. The zero-order valence-electron chi connectivity index (χ0n) is 17.5. The van der Waals surface area contributed by atoms with E-state index in [1.165, 1.54) is 27.6 Å². The number of nitriles is 1. The van der Waals surface area contributed by atoms with Crippen molar-refractivity contribution in [3.63, 3.8) is 0 Å². The van der Waals surface area contributed by atoms with Crippen LogP contribution < -0.4 is 11.0 Å². The molecule has 0 radical (unpaired) electrons. The number of nitrogens with zero attached hydrogens (tertiary/aromatic N) is 4. The minimum absolute atomic E-state index is 0.171. The fourth-order valence-corrected chi connectivity index (χ4v) is 3.22. The summed E-state index contributed by atoms with van der Waals surface area (Å²) in [5.41, 5.74) is 2.07. The molecule has 0 aliphatic heterocycles. The van der Waals surface area contributed by atoms with Crippen LogP contribution in [0.5, 0.6) is 0 Å². The molecule has 4 aromatic rings. The maximum absolute atomic E-state index is 12.4. The van der Waals surface area contributed by atoms with Gasteiger partial charge in [-0.05, 0) is 43.3 Å². The number of aryl methyl sites for hydroxylation is 1. The average molecular weight is 442 g/mol. The van der Waals surface area contributed by atoms with Gasteiger partial charge in [-0.25, -0.2) is 14.3 Å². The molecule has 164 valence electrons. The molecule has 0 bridgehead atoms. The van der Waals surface area contributed by atoms with Gasteiger partial charge in [0.25, 0.3) is 5.91 Å². The van der Waals surface area contributed by atoms with Crippen LogP contribution in [0, 0.1) is 18.3 Å². The first-order valence-electron chi connectivity index (χ1n) is 9.86. The van der Waals surface area contributed by atoms with Crippen LogP contribution in [-0.4, -0.2) is 37.8 Å². The zero-order valence-corrected chi connectivity index (χ0v) is 17.5. The highest BCUT2D eigenvalue weighted by Gasteiger charge is 2.17. The smallest absolute Gasteiger partial charge is 0.338 e. The number of H-pyrrole nitrogens is 1. The number of para-hydroxylation sites is 1. The van der Waals surface area contributed by atoms with E-state index in [1.807, 2.05) is 12.1 Å². The maximum Gasteiger partial charge on any atom is 0.338 e. The van der Waals surface area contributed by atoms with Gasteiger partial charge in [0.1, 0.15) is 11.6 Å². The molecule has 2 aromatic heterocycles. The largest absolute Gasteiger partial charge is 0.452 e. The number of anilines is 1. The summed E-state index contributed by atoms with van der Waals surface area (Å²) in [6.45, 7) is 1.22. The Bertz CT molecular complexity index is 1410. The molecule has 2 N–H and O–H groups in total. The zero-order chi connectivity index (χ0) is 23.4. The number of rotatable bonds is 6. The number of imidazole rings is 1. The molecule has 0 saturated carbocycles. The van der Waals surface area contributed by atoms with E-state index in [4.69, 9.17) is 4.74 Å². The lowest BCUT2D eigenvalue weighted by molar-refractivity contribution is -0.119. The van der Waals surface area contributed by atoms with Crippen molar-refractivity contribution >= 4 is 17.7 Å². The summed E-state index contributed by atoms with van der Waals surface area (Å²) < 4.78 is 7.98. The predicted molar refractivity (Wildman–Crippen MR) is 118 cm³/mol. The Morgan fingerprint density at radius 3 is 2.48 bits per heavy atom. The van der Waals surface area contributed by atoms with Crippen LogP contribution >= 0.6 is 0 Å². The lowest BCUT2D eigenvalue weighted by Crippen LogP contribution is -2.23. The van der Waals surface area contributed by atoms with E-state index in [1.54, 1.807) is 49.5 Å². The van der Waals surface area contributed by atoms with Gasteiger partial charge in [-0.2, -0.15) is 10.4 Å². The Balaban J connectivity index is 1.42. The summed E-state index contributed by atoms with van der Waals surface area (Å²) in [7, 11) is 0. The summed E-state index contributed by atoms with van der Waals surface area (Å²) in [6, 6.07) is 17.2. The molecule has 0 unspecified atom stereocenters. The highest BCUT2D eigenvalue weighted by Crippen LogP contribution is 2.19. The minimum atomic E-state index is -0.702. The second kappa shape index (κ2) is 9.07. The fourth-order valence-electron chi connectivity index (χ4n) is 3.22. The number of benzene rings is 2. The maximum atomic E-state index is 12.4. The fraction of sp³-hybridized carbons (Fsp3) is 0.0870. The van der Waals surface area contributed by atoms with Gasteiger partial charge in [-0.15, -0.1) is 0 Å². The molecule has 0 aliphatic rings. The van der Waals surface area contributed by atoms with Gasteiger partial charge in [0, 0.05) is 11.9 Å². The van der Waals surface area contributed by atoms with Crippen molar-refractivity contribution in [1.82, 2.24) is 19.3 Å². The first-order valence-corrected chi connectivity index (χ1v) is 9.86. The molecule has 2 heterocycles. The summed E-state index contributed by atoms with van der Waals surface area (Å²) in [5.74, 6) is -1.14. The Kier molecular flexibility index (Phi) is 5.86. The van der Waals surface area contributed by atoms with Crippen molar-refractivity contribution in [3.8, 4) is 17.4 Å². The van der Waals surface area contributed by atoms with E-state index in [9.17, 15) is 19.6 Å². The van der Waals surface area contributed by atoms with Crippen LogP contribution in [0.1, 0.15) is 21.6 Å². The SMILES string of the molecule is Cc1c[nH]c(=O)n1-c1ccc(C(=O)OCC(=O)Nc2c(C#N)cnn2-c2ccccc2)cc1. The van der Waals surface area contributed by atoms with E-state index < -0.39 is 18.5 Å². The van der Waals surface area contributed by atoms with E-state index in [0.29, 0.717) is 11.4 Å². The van der Waals surface area contributed by atoms with Crippen LogP contribution in [0.3, 0.4) is 0 Å². The van der Waals surface area contributed by atoms with Crippen LogP contribution in [0.2, 0.25) is 0 Å². The van der Waals surface area contributed by atoms with Crippen LogP contribution in [0.25, 0.3) is 11.4 Å². The molecular weight excluding hydrogens is 424 g/mol. The molecule has 0 spiro atoms. The quantitative estimate of drug-likeness (QED) is 0.440. The highest BCUT2D eigenvalue weighted by atomic mass is 16.5. The van der Waals surface area contributed by atoms with Crippen molar-refractivity contribution in [2.75, 3.05) is 11.9 Å². The molecule has 2 aromatic carbocycles. The number of aromatic nitrogens is 4. The molecule has 0 atom stereocenters. The standard InChI is InChI=1S/C23H18N6O4/c1-15-12-25-23(32)28(15)18-9-7-16(8-10-18)22(31)33-14-20(30)27-21-17(11-24)13-26-29(21)19-5-3-2-4-6-19/h2-10,12-13H,14H2,1H3,(H,25,32)(H,27,30). The van der Waals surface area contributed by atoms with E-state index in [2.05, 4.69) is 15.4 Å².